The van der Waals surface area contributed by atoms with E-state index >= 15 is 0 Å². The number of hydrogen-bond donors (Lipinski definition) is 1. The summed E-state index contributed by atoms with van der Waals surface area (Å²) in [4.78, 5) is 0. The van der Waals surface area contributed by atoms with Crippen LogP contribution in [0.4, 0.5) is 0 Å². The minimum absolute atomic E-state index is 0.0995. The topological polar surface area (TPSA) is 29.5 Å². The van der Waals surface area contributed by atoms with E-state index in [1.165, 1.54) is 25.7 Å². The molecule has 1 aliphatic rings. The van der Waals surface area contributed by atoms with Crippen LogP contribution in [0.5, 0.6) is 0 Å². The van der Waals surface area contributed by atoms with Crippen molar-refractivity contribution < 1.29 is 9.84 Å². The summed E-state index contributed by atoms with van der Waals surface area (Å²) in [6, 6.07) is 0. The van der Waals surface area contributed by atoms with Gasteiger partial charge in [-0.3, -0.25) is 0 Å². The molecule has 1 fully saturated rings. The van der Waals surface area contributed by atoms with Gasteiger partial charge in [-0.15, -0.1) is 0 Å². The van der Waals surface area contributed by atoms with E-state index in [1.54, 1.807) is 7.11 Å². The molecule has 1 rings (SSSR count). The minimum atomic E-state index is 0.0995. The highest BCUT2D eigenvalue weighted by atomic mass is 16.5. The maximum absolute atomic E-state index is 8.86. The predicted octanol–water partition coefficient (Wildman–Crippen LogP) is 1.18. The Labute approximate surface area is 62.2 Å². The van der Waals surface area contributed by atoms with Crippen LogP contribution in [0.3, 0.4) is 0 Å². The van der Waals surface area contributed by atoms with Crippen molar-refractivity contribution in [2.75, 3.05) is 13.7 Å². The van der Waals surface area contributed by atoms with Gasteiger partial charge in [0.25, 0.3) is 0 Å². The molecule has 1 N–H and O–H groups in total. The van der Waals surface area contributed by atoms with Crippen LogP contribution in [0.1, 0.15) is 25.7 Å². The molecule has 0 saturated heterocycles. The highest BCUT2D eigenvalue weighted by Gasteiger charge is 2.23. The highest BCUT2D eigenvalue weighted by molar-refractivity contribution is 4.74. The summed E-state index contributed by atoms with van der Waals surface area (Å²) in [5.41, 5.74) is 0. The highest BCUT2D eigenvalue weighted by Crippen LogP contribution is 2.28. The molecule has 2 nitrogen and oxygen atoms in total. The Balaban J connectivity index is 2.29. The van der Waals surface area contributed by atoms with Crippen LogP contribution < -0.4 is 0 Å². The summed E-state index contributed by atoms with van der Waals surface area (Å²) < 4.78 is 5.13. The van der Waals surface area contributed by atoms with Crippen molar-refractivity contribution >= 4 is 0 Å². The Kier molecular flexibility index (Phi) is 3.16. The van der Waals surface area contributed by atoms with Crippen LogP contribution in [0, 0.1) is 5.92 Å². The van der Waals surface area contributed by atoms with E-state index in [1.807, 2.05) is 0 Å². The molecule has 0 spiro atoms. The number of hydrogen-bond acceptors (Lipinski definition) is 2. The average Bonchev–Trinajstić information content (AvgIpc) is 2.43. The van der Waals surface area contributed by atoms with Crippen LogP contribution in [0.25, 0.3) is 0 Å². The zero-order valence-electron chi connectivity index (χ0n) is 6.55. The normalized spacial score (nSPS) is 23.4. The van der Waals surface area contributed by atoms with Gasteiger partial charge >= 0.3 is 0 Å². The number of aliphatic hydroxyl groups excluding tert-OH is 1. The zero-order valence-corrected chi connectivity index (χ0v) is 6.55. The summed E-state index contributed by atoms with van der Waals surface area (Å²) in [7, 11) is 1.68. The monoisotopic (exact) mass is 144 g/mol. The van der Waals surface area contributed by atoms with Crippen LogP contribution in [-0.4, -0.2) is 24.9 Å². The van der Waals surface area contributed by atoms with Gasteiger partial charge in [0.2, 0.25) is 0 Å². The number of aliphatic hydroxyl groups is 1. The zero-order chi connectivity index (χ0) is 7.40. The summed E-state index contributed by atoms with van der Waals surface area (Å²) in [5.74, 6) is 0.620. The second-order valence-corrected chi connectivity index (χ2v) is 3.00. The Morgan fingerprint density at radius 1 is 1.50 bits per heavy atom. The molecular formula is C8H16O2. The molecule has 1 atom stereocenters. The maximum Gasteiger partial charge on any atom is 0.0830 e. The minimum Gasteiger partial charge on any atom is -0.394 e. The smallest absolute Gasteiger partial charge is 0.0830 e. The molecule has 0 bridgehead atoms. The standard InChI is InChI=1S/C8H16O2/c1-10-8(6-9)7-4-2-3-5-7/h7-9H,2-6H2,1H3. The van der Waals surface area contributed by atoms with E-state index in [-0.39, 0.29) is 12.7 Å². The van der Waals surface area contributed by atoms with Crippen molar-refractivity contribution in [1.29, 1.82) is 0 Å². The van der Waals surface area contributed by atoms with Gasteiger partial charge < -0.3 is 9.84 Å². The van der Waals surface area contributed by atoms with Crippen molar-refractivity contribution in [1.82, 2.24) is 0 Å². The van der Waals surface area contributed by atoms with E-state index in [9.17, 15) is 0 Å². The second kappa shape index (κ2) is 3.94. The number of ether oxygens (including phenoxy) is 1. The fourth-order valence-electron chi connectivity index (χ4n) is 1.75. The van der Waals surface area contributed by atoms with Gasteiger partial charge in [-0.1, -0.05) is 12.8 Å². The Morgan fingerprint density at radius 3 is 2.50 bits per heavy atom. The van der Waals surface area contributed by atoms with E-state index in [4.69, 9.17) is 9.84 Å². The SMILES string of the molecule is COC(CO)C1CCCC1. The summed E-state index contributed by atoms with van der Waals surface area (Å²) >= 11 is 0. The summed E-state index contributed by atoms with van der Waals surface area (Å²) in [5, 5.41) is 8.86. The Morgan fingerprint density at radius 2 is 2.10 bits per heavy atom. The van der Waals surface area contributed by atoms with Crippen molar-refractivity contribution in [2.24, 2.45) is 5.92 Å². The lowest BCUT2D eigenvalue weighted by Crippen LogP contribution is -2.24. The third-order valence-corrected chi connectivity index (χ3v) is 2.41. The van der Waals surface area contributed by atoms with Crippen LogP contribution >= 0.6 is 0 Å². The molecule has 0 aliphatic heterocycles. The van der Waals surface area contributed by atoms with Gasteiger partial charge in [0.15, 0.2) is 0 Å². The molecule has 10 heavy (non-hydrogen) atoms. The number of rotatable bonds is 3. The van der Waals surface area contributed by atoms with Crippen LogP contribution in [0.15, 0.2) is 0 Å². The lowest BCUT2D eigenvalue weighted by atomic mass is 10.0. The summed E-state index contributed by atoms with van der Waals surface area (Å²) in [6.07, 6.45) is 5.19. The molecule has 0 aromatic rings. The largest absolute Gasteiger partial charge is 0.394 e. The van der Waals surface area contributed by atoms with Gasteiger partial charge in [-0.05, 0) is 18.8 Å². The van der Waals surface area contributed by atoms with Crippen molar-refractivity contribution in [2.45, 2.75) is 31.8 Å². The first-order valence-corrected chi connectivity index (χ1v) is 4.02. The van der Waals surface area contributed by atoms with E-state index in [2.05, 4.69) is 0 Å². The predicted molar refractivity (Wildman–Crippen MR) is 39.8 cm³/mol. The van der Waals surface area contributed by atoms with E-state index < -0.39 is 0 Å². The van der Waals surface area contributed by atoms with Gasteiger partial charge in [0.05, 0.1) is 12.7 Å². The molecule has 0 heterocycles. The third-order valence-electron chi connectivity index (χ3n) is 2.41. The maximum atomic E-state index is 8.86. The molecule has 2 heteroatoms. The number of methoxy groups -OCH3 is 1. The van der Waals surface area contributed by atoms with Crippen LogP contribution in [0.2, 0.25) is 0 Å². The molecule has 1 saturated carbocycles. The van der Waals surface area contributed by atoms with Gasteiger partial charge in [0.1, 0.15) is 0 Å². The first kappa shape index (κ1) is 8.02. The molecule has 0 aromatic carbocycles. The third kappa shape index (κ3) is 1.70. The van der Waals surface area contributed by atoms with Crippen molar-refractivity contribution in [3.05, 3.63) is 0 Å². The lowest BCUT2D eigenvalue weighted by molar-refractivity contribution is 0.00950. The fraction of sp³-hybridized carbons (Fsp3) is 1.00. The summed E-state index contributed by atoms with van der Waals surface area (Å²) in [6.45, 7) is 0.182. The molecule has 0 radical (unpaired) electrons. The first-order valence-electron chi connectivity index (χ1n) is 4.02. The molecule has 0 aromatic heterocycles. The van der Waals surface area contributed by atoms with Gasteiger partial charge in [-0.2, -0.15) is 0 Å². The Hall–Kier alpha value is -0.0800. The average molecular weight is 144 g/mol. The molecular weight excluding hydrogens is 128 g/mol. The first-order chi connectivity index (χ1) is 4.88. The Bertz CT molecular complexity index is 83.3. The van der Waals surface area contributed by atoms with E-state index in [0.717, 1.165) is 0 Å². The second-order valence-electron chi connectivity index (χ2n) is 3.00. The van der Waals surface area contributed by atoms with Gasteiger partial charge in [0, 0.05) is 7.11 Å². The molecule has 1 unspecified atom stereocenters. The molecule has 0 amide bonds. The van der Waals surface area contributed by atoms with Crippen molar-refractivity contribution in [3.63, 3.8) is 0 Å². The van der Waals surface area contributed by atoms with E-state index in [0.29, 0.717) is 5.92 Å². The lowest BCUT2D eigenvalue weighted by Gasteiger charge is -2.18. The molecule has 60 valence electrons. The fourth-order valence-corrected chi connectivity index (χ4v) is 1.75. The van der Waals surface area contributed by atoms with Crippen molar-refractivity contribution in [3.8, 4) is 0 Å². The van der Waals surface area contributed by atoms with Crippen LogP contribution in [-0.2, 0) is 4.74 Å². The van der Waals surface area contributed by atoms with Gasteiger partial charge in [-0.25, -0.2) is 0 Å². The quantitative estimate of drug-likeness (QED) is 0.644. The molecule has 1 aliphatic carbocycles.